The van der Waals surface area contributed by atoms with Crippen molar-refractivity contribution >= 4 is 17.2 Å². The van der Waals surface area contributed by atoms with Crippen LogP contribution in [0.4, 0.5) is 0 Å². The molecule has 0 radical (unpaired) electrons. The maximum absolute atomic E-state index is 11.3. The summed E-state index contributed by atoms with van der Waals surface area (Å²) in [5.41, 5.74) is 0. The van der Waals surface area contributed by atoms with Gasteiger partial charge in [0.05, 0.1) is 19.3 Å². The minimum absolute atomic E-state index is 0.121. The quantitative estimate of drug-likeness (QED) is 0.820. The molecule has 1 amide bonds. The molecule has 1 aromatic heterocycles. The second-order valence-electron chi connectivity index (χ2n) is 4.13. The van der Waals surface area contributed by atoms with Crippen LogP contribution in [0, 0.1) is 0 Å². The molecule has 1 aliphatic heterocycles. The highest BCUT2D eigenvalue weighted by Crippen LogP contribution is 2.25. The molecule has 0 bridgehead atoms. The first-order valence-corrected chi connectivity index (χ1v) is 6.94. The molecule has 1 fully saturated rings. The topological polar surface area (TPSA) is 41.6 Å². The van der Waals surface area contributed by atoms with Crippen LogP contribution in [0.3, 0.4) is 0 Å². The standard InChI is InChI=1S/C13H18N2O2S/c1-2-13(16)14-10-11(12-4-3-9-18-12)15-5-7-17-8-6-15/h2-4,9,11H,1,5-8,10H2,(H,14,16)/t11-/m0/s1. The Balaban J connectivity index is 2.02. The number of nitrogens with zero attached hydrogens (tertiary/aromatic N) is 1. The van der Waals surface area contributed by atoms with Crippen LogP contribution in [0.1, 0.15) is 10.9 Å². The van der Waals surface area contributed by atoms with Crippen molar-refractivity contribution in [2.45, 2.75) is 6.04 Å². The van der Waals surface area contributed by atoms with E-state index in [1.54, 1.807) is 11.3 Å². The van der Waals surface area contributed by atoms with Gasteiger partial charge in [0.2, 0.25) is 5.91 Å². The number of nitrogens with one attached hydrogen (secondary N) is 1. The third-order valence-electron chi connectivity index (χ3n) is 3.01. The Bertz CT molecular complexity index is 386. The van der Waals surface area contributed by atoms with E-state index >= 15 is 0 Å². The third kappa shape index (κ3) is 3.41. The van der Waals surface area contributed by atoms with Crippen LogP contribution in [0.15, 0.2) is 30.2 Å². The van der Waals surface area contributed by atoms with E-state index in [1.165, 1.54) is 11.0 Å². The average molecular weight is 266 g/mol. The Morgan fingerprint density at radius 2 is 2.39 bits per heavy atom. The zero-order valence-corrected chi connectivity index (χ0v) is 11.1. The molecule has 1 aromatic rings. The van der Waals surface area contributed by atoms with Crippen LogP contribution >= 0.6 is 11.3 Å². The Kier molecular flexibility index (Phi) is 4.92. The largest absolute Gasteiger partial charge is 0.379 e. The fourth-order valence-corrected chi connectivity index (χ4v) is 2.91. The molecule has 0 saturated carbocycles. The summed E-state index contributed by atoms with van der Waals surface area (Å²) in [6.45, 7) is 7.43. The number of hydrogen-bond acceptors (Lipinski definition) is 4. The van der Waals surface area contributed by atoms with E-state index in [-0.39, 0.29) is 11.9 Å². The lowest BCUT2D eigenvalue weighted by atomic mass is 10.2. The van der Waals surface area contributed by atoms with Gasteiger partial charge in [0.25, 0.3) is 0 Å². The average Bonchev–Trinajstić information content (AvgIpc) is 2.94. The molecule has 1 saturated heterocycles. The normalized spacial score (nSPS) is 18.2. The van der Waals surface area contributed by atoms with Crippen LogP contribution in [0.5, 0.6) is 0 Å². The SMILES string of the molecule is C=CC(=O)NC[C@@H](c1cccs1)N1CCOCC1. The van der Waals surface area contributed by atoms with E-state index in [9.17, 15) is 4.79 Å². The highest BCUT2D eigenvalue weighted by Gasteiger charge is 2.23. The van der Waals surface area contributed by atoms with Gasteiger partial charge < -0.3 is 10.1 Å². The number of hydrogen-bond donors (Lipinski definition) is 1. The van der Waals surface area contributed by atoms with Gasteiger partial charge in [-0.1, -0.05) is 12.6 Å². The van der Waals surface area contributed by atoms with Gasteiger partial charge in [-0.3, -0.25) is 9.69 Å². The van der Waals surface area contributed by atoms with E-state index in [1.807, 2.05) is 6.07 Å². The Morgan fingerprint density at radius 3 is 3.00 bits per heavy atom. The van der Waals surface area contributed by atoms with Crippen molar-refractivity contribution in [3.8, 4) is 0 Å². The predicted molar refractivity (Wildman–Crippen MR) is 72.7 cm³/mol. The van der Waals surface area contributed by atoms with Crippen LogP contribution in [0.25, 0.3) is 0 Å². The molecule has 5 heteroatoms. The van der Waals surface area contributed by atoms with Gasteiger partial charge in [-0.2, -0.15) is 0 Å². The number of thiophene rings is 1. The first kappa shape index (κ1) is 13.3. The van der Waals surface area contributed by atoms with E-state index < -0.39 is 0 Å². The first-order valence-electron chi connectivity index (χ1n) is 6.06. The third-order valence-corrected chi connectivity index (χ3v) is 3.99. The molecule has 18 heavy (non-hydrogen) atoms. The molecule has 98 valence electrons. The van der Waals surface area contributed by atoms with E-state index in [0.717, 1.165) is 26.3 Å². The van der Waals surface area contributed by atoms with Gasteiger partial charge in [0.15, 0.2) is 0 Å². The van der Waals surface area contributed by atoms with Crippen molar-refractivity contribution in [2.75, 3.05) is 32.8 Å². The fourth-order valence-electron chi connectivity index (χ4n) is 2.05. The second-order valence-corrected chi connectivity index (χ2v) is 5.11. The summed E-state index contributed by atoms with van der Waals surface area (Å²) < 4.78 is 5.37. The summed E-state index contributed by atoms with van der Waals surface area (Å²) in [7, 11) is 0. The first-order chi connectivity index (χ1) is 8.81. The number of carbonyl (C=O) groups excluding carboxylic acids is 1. The molecule has 0 unspecified atom stereocenters. The number of rotatable bonds is 5. The van der Waals surface area contributed by atoms with Crippen molar-refractivity contribution in [1.82, 2.24) is 10.2 Å². The molecule has 1 aliphatic rings. The number of carbonyl (C=O) groups is 1. The summed E-state index contributed by atoms with van der Waals surface area (Å²) in [4.78, 5) is 14.9. The highest BCUT2D eigenvalue weighted by molar-refractivity contribution is 7.10. The van der Waals surface area contributed by atoms with Crippen molar-refractivity contribution in [2.24, 2.45) is 0 Å². The minimum atomic E-state index is -0.121. The zero-order valence-electron chi connectivity index (χ0n) is 10.3. The smallest absolute Gasteiger partial charge is 0.243 e. The number of amides is 1. The van der Waals surface area contributed by atoms with E-state index in [4.69, 9.17) is 4.74 Å². The minimum Gasteiger partial charge on any atom is -0.379 e. The molecule has 2 heterocycles. The lowest BCUT2D eigenvalue weighted by Gasteiger charge is -2.34. The van der Waals surface area contributed by atoms with Crippen LogP contribution in [-0.2, 0) is 9.53 Å². The molecule has 4 nitrogen and oxygen atoms in total. The monoisotopic (exact) mass is 266 g/mol. The fraction of sp³-hybridized carbons (Fsp3) is 0.462. The molecular weight excluding hydrogens is 248 g/mol. The lowest BCUT2D eigenvalue weighted by Crippen LogP contribution is -2.43. The van der Waals surface area contributed by atoms with Gasteiger partial charge in [-0.25, -0.2) is 0 Å². The van der Waals surface area contributed by atoms with Gasteiger partial charge in [-0.05, 0) is 17.5 Å². The summed E-state index contributed by atoms with van der Waals surface area (Å²) >= 11 is 1.72. The number of ether oxygens (including phenoxy) is 1. The highest BCUT2D eigenvalue weighted by atomic mass is 32.1. The Labute approximate surface area is 111 Å². The van der Waals surface area contributed by atoms with E-state index in [2.05, 4.69) is 28.2 Å². The molecule has 2 rings (SSSR count). The molecule has 0 aromatic carbocycles. The summed E-state index contributed by atoms with van der Waals surface area (Å²) in [6.07, 6.45) is 1.31. The lowest BCUT2D eigenvalue weighted by molar-refractivity contribution is -0.116. The maximum Gasteiger partial charge on any atom is 0.243 e. The molecule has 0 spiro atoms. The van der Waals surface area contributed by atoms with Crippen LogP contribution < -0.4 is 5.32 Å². The van der Waals surface area contributed by atoms with Gasteiger partial charge in [0.1, 0.15) is 0 Å². The summed E-state index contributed by atoms with van der Waals surface area (Å²) in [5, 5.41) is 4.95. The van der Waals surface area contributed by atoms with Crippen LogP contribution in [-0.4, -0.2) is 43.7 Å². The van der Waals surface area contributed by atoms with Gasteiger partial charge in [-0.15, -0.1) is 11.3 Å². The molecule has 1 atom stereocenters. The van der Waals surface area contributed by atoms with Crippen molar-refractivity contribution in [3.63, 3.8) is 0 Å². The van der Waals surface area contributed by atoms with Gasteiger partial charge >= 0.3 is 0 Å². The molecule has 0 aliphatic carbocycles. The molecular formula is C13H18N2O2S. The second kappa shape index (κ2) is 6.68. The Hall–Kier alpha value is -1.17. The zero-order chi connectivity index (χ0) is 12.8. The number of morpholine rings is 1. The van der Waals surface area contributed by atoms with E-state index in [0.29, 0.717) is 6.54 Å². The maximum atomic E-state index is 11.3. The van der Waals surface area contributed by atoms with Crippen molar-refractivity contribution in [3.05, 3.63) is 35.0 Å². The summed E-state index contributed by atoms with van der Waals surface area (Å²) in [6, 6.07) is 4.39. The predicted octanol–water partition coefficient (Wildman–Crippen LogP) is 1.42. The van der Waals surface area contributed by atoms with Crippen molar-refractivity contribution < 1.29 is 9.53 Å². The van der Waals surface area contributed by atoms with Gasteiger partial charge in [0, 0.05) is 24.5 Å². The molecule has 1 N–H and O–H groups in total. The van der Waals surface area contributed by atoms with Crippen molar-refractivity contribution in [1.29, 1.82) is 0 Å². The summed E-state index contributed by atoms with van der Waals surface area (Å²) in [5.74, 6) is -0.121. The Morgan fingerprint density at radius 1 is 1.61 bits per heavy atom. The van der Waals surface area contributed by atoms with Crippen LogP contribution in [0.2, 0.25) is 0 Å².